The summed E-state index contributed by atoms with van der Waals surface area (Å²) < 4.78 is 5.94. The first-order chi connectivity index (χ1) is 7.99. The summed E-state index contributed by atoms with van der Waals surface area (Å²) in [5, 5.41) is 0. The summed E-state index contributed by atoms with van der Waals surface area (Å²) in [7, 11) is 3.54. The van der Waals surface area contributed by atoms with E-state index in [4.69, 9.17) is 10.5 Å². The molecule has 17 heavy (non-hydrogen) atoms. The van der Waals surface area contributed by atoms with Crippen LogP contribution in [0.25, 0.3) is 0 Å². The third-order valence-corrected chi connectivity index (χ3v) is 3.64. The highest BCUT2D eigenvalue weighted by Crippen LogP contribution is 2.34. The van der Waals surface area contributed by atoms with Crippen molar-refractivity contribution in [3.05, 3.63) is 0 Å². The summed E-state index contributed by atoms with van der Waals surface area (Å²) in [6.07, 6.45) is 4.95. The fourth-order valence-electron chi connectivity index (χ4n) is 2.57. The second-order valence-corrected chi connectivity index (χ2v) is 5.48. The van der Waals surface area contributed by atoms with Gasteiger partial charge < -0.3 is 15.4 Å². The van der Waals surface area contributed by atoms with Gasteiger partial charge in [-0.3, -0.25) is 4.79 Å². The molecule has 1 rings (SSSR count). The lowest BCUT2D eigenvalue weighted by Crippen LogP contribution is -2.45. The lowest BCUT2D eigenvalue weighted by Gasteiger charge is -2.39. The minimum Gasteiger partial charge on any atom is -0.373 e. The van der Waals surface area contributed by atoms with Gasteiger partial charge in [-0.25, -0.2) is 0 Å². The summed E-state index contributed by atoms with van der Waals surface area (Å²) in [6, 6.07) is 0. The molecule has 0 saturated heterocycles. The summed E-state index contributed by atoms with van der Waals surface area (Å²) in [5.41, 5.74) is 5.68. The van der Waals surface area contributed by atoms with Gasteiger partial charge in [-0.1, -0.05) is 19.8 Å². The molecule has 1 amide bonds. The van der Waals surface area contributed by atoms with Crippen molar-refractivity contribution in [1.82, 2.24) is 4.90 Å². The maximum atomic E-state index is 11.5. The lowest BCUT2D eigenvalue weighted by molar-refractivity contribution is -0.133. The van der Waals surface area contributed by atoms with Gasteiger partial charge >= 0.3 is 0 Å². The van der Waals surface area contributed by atoms with E-state index in [1.807, 2.05) is 0 Å². The van der Waals surface area contributed by atoms with Crippen LogP contribution in [0.1, 0.15) is 39.0 Å². The Morgan fingerprint density at radius 2 is 2.24 bits per heavy atom. The highest BCUT2D eigenvalue weighted by molar-refractivity contribution is 5.75. The summed E-state index contributed by atoms with van der Waals surface area (Å²) in [5.74, 6) is 0.790. The molecule has 4 nitrogen and oxygen atoms in total. The Bertz CT molecular complexity index is 256. The van der Waals surface area contributed by atoms with Crippen molar-refractivity contribution >= 4 is 5.91 Å². The Morgan fingerprint density at radius 3 is 2.76 bits per heavy atom. The van der Waals surface area contributed by atoms with Crippen LogP contribution < -0.4 is 5.73 Å². The normalized spacial score (nSPS) is 29.1. The number of carbonyl (C=O) groups is 1. The molecule has 0 aromatic heterocycles. The number of amides is 1. The maximum absolute atomic E-state index is 11.5. The van der Waals surface area contributed by atoms with E-state index in [1.54, 1.807) is 19.0 Å². The molecular formula is C13H26N2O2. The van der Waals surface area contributed by atoms with Crippen molar-refractivity contribution in [2.75, 3.05) is 27.2 Å². The molecule has 0 bridgehead atoms. The molecule has 1 saturated carbocycles. The van der Waals surface area contributed by atoms with E-state index >= 15 is 0 Å². The molecule has 0 heterocycles. The number of nitrogens with two attached hydrogens (primary N) is 1. The van der Waals surface area contributed by atoms with Crippen LogP contribution in [0, 0.1) is 5.92 Å². The van der Waals surface area contributed by atoms with Crippen molar-refractivity contribution in [3.8, 4) is 0 Å². The average molecular weight is 242 g/mol. The van der Waals surface area contributed by atoms with Crippen molar-refractivity contribution in [1.29, 1.82) is 0 Å². The lowest BCUT2D eigenvalue weighted by atomic mass is 9.79. The molecule has 0 aromatic carbocycles. The Kier molecular flexibility index (Phi) is 5.40. The molecule has 100 valence electrons. The zero-order valence-corrected chi connectivity index (χ0v) is 11.4. The second kappa shape index (κ2) is 6.36. The third-order valence-electron chi connectivity index (χ3n) is 3.64. The highest BCUT2D eigenvalue weighted by atomic mass is 16.5. The van der Waals surface area contributed by atoms with Crippen LogP contribution >= 0.6 is 0 Å². The summed E-state index contributed by atoms with van der Waals surface area (Å²) in [4.78, 5) is 13.1. The number of rotatable bonds is 5. The van der Waals surface area contributed by atoms with Crippen LogP contribution in [-0.2, 0) is 9.53 Å². The second-order valence-electron chi connectivity index (χ2n) is 5.48. The predicted molar refractivity (Wildman–Crippen MR) is 68.7 cm³/mol. The van der Waals surface area contributed by atoms with Gasteiger partial charge in [0.05, 0.1) is 18.6 Å². The Hall–Kier alpha value is -0.610. The molecule has 0 spiro atoms. The fraction of sp³-hybridized carbons (Fsp3) is 0.923. The summed E-state index contributed by atoms with van der Waals surface area (Å²) >= 11 is 0. The number of hydrogen-bond donors (Lipinski definition) is 1. The van der Waals surface area contributed by atoms with Crippen molar-refractivity contribution in [2.24, 2.45) is 11.7 Å². The standard InChI is InChI=1S/C13H26N2O2/c1-11-5-4-7-13(9-11,10-14)17-8-6-12(16)15(2)3/h11H,4-10,14H2,1-3H3. The van der Waals surface area contributed by atoms with Gasteiger partial charge in [0.1, 0.15) is 0 Å². The molecule has 0 radical (unpaired) electrons. The first kappa shape index (κ1) is 14.5. The SMILES string of the molecule is CC1CCCC(CN)(OCCC(=O)N(C)C)C1. The van der Waals surface area contributed by atoms with Crippen molar-refractivity contribution < 1.29 is 9.53 Å². The third kappa shape index (κ3) is 4.28. The number of carbonyl (C=O) groups excluding carboxylic acids is 1. The summed E-state index contributed by atoms with van der Waals surface area (Å²) in [6.45, 7) is 3.30. The average Bonchev–Trinajstić information content (AvgIpc) is 2.28. The topological polar surface area (TPSA) is 55.6 Å². The van der Waals surface area contributed by atoms with Crippen LogP contribution in [0.5, 0.6) is 0 Å². The Balaban J connectivity index is 2.38. The Morgan fingerprint density at radius 1 is 1.53 bits per heavy atom. The van der Waals surface area contributed by atoms with E-state index in [1.165, 1.54) is 12.8 Å². The van der Waals surface area contributed by atoms with Gasteiger partial charge in [0.25, 0.3) is 0 Å². The molecule has 2 unspecified atom stereocenters. The molecule has 0 aliphatic heterocycles. The number of ether oxygens (including phenoxy) is 1. The molecule has 1 fully saturated rings. The van der Waals surface area contributed by atoms with E-state index in [2.05, 4.69) is 6.92 Å². The molecule has 1 aliphatic carbocycles. The minimum atomic E-state index is -0.176. The van der Waals surface area contributed by atoms with E-state index in [9.17, 15) is 4.79 Å². The Labute approximate surface area is 104 Å². The van der Waals surface area contributed by atoms with Gasteiger partial charge in [0.15, 0.2) is 0 Å². The van der Waals surface area contributed by atoms with E-state index in [0.717, 1.165) is 12.8 Å². The van der Waals surface area contributed by atoms with E-state index in [0.29, 0.717) is 25.5 Å². The van der Waals surface area contributed by atoms with E-state index < -0.39 is 0 Å². The first-order valence-electron chi connectivity index (χ1n) is 6.53. The molecule has 2 N–H and O–H groups in total. The molecule has 2 atom stereocenters. The molecule has 0 aromatic rings. The number of hydrogen-bond acceptors (Lipinski definition) is 3. The zero-order valence-electron chi connectivity index (χ0n) is 11.4. The maximum Gasteiger partial charge on any atom is 0.224 e. The highest BCUT2D eigenvalue weighted by Gasteiger charge is 2.34. The quantitative estimate of drug-likeness (QED) is 0.792. The molecule has 1 aliphatic rings. The molecular weight excluding hydrogens is 216 g/mol. The van der Waals surface area contributed by atoms with Gasteiger partial charge in [0, 0.05) is 20.6 Å². The zero-order chi connectivity index (χ0) is 12.9. The van der Waals surface area contributed by atoms with Crippen LogP contribution in [-0.4, -0.2) is 43.7 Å². The van der Waals surface area contributed by atoms with Crippen molar-refractivity contribution in [2.45, 2.75) is 44.6 Å². The van der Waals surface area contributed by atoms with E-state index in [-0.39, 0.29) is 11.5 Å². The van der Waals surface area contributed by atoms with Crippen molar-refractivity contribution in [3.63, 3.8) is 0 Å². The predicted octanol–water partition coefficient (Wildman–Crippen LogP) is 1.39. The van der Waals surface area contributed by atoms with Crippen LogP contribution in [0.3, 0.4) is 0 Å². The van der Waals surface area contributed by atoms with Gasteiger partial charge in [-0.05, 0) is 18.8 Å². The van der Waals surface area contributed by atoms with Crippen LogP contribution in [0.4, 0.5) is 0 Å². The first-order valence-corrected chi connectivity index (χ1v) is 6.53. The van der Waals surface area contributed by atoms with Gasteiger partial charge in [-0.2, -0.15) is 0 Å². The monoisotopic (exact) mass is 242 g/mol. The smallest absolute Gasteiger partial charge is 0.224 e. The van der Waals surface area contributed by atoms with Crippen LogP contribution in [0.2, 0.25) is 0 Å². The van der Waals surface area contributed by atoms with Crippen LogP contribution in [0.15, 0.2) is 0 Å². The van der Waals surface area contributed by atoms with Gasteiger partial charge in [-0.15, -0.1) is 0 Å². The largest absolute Gasteiger partial charge is 0.373 e. The fourth-order valence-corrected chi connectivity index (χ4v) is 2.57. The molecule has 4 heteroatoms. The minimum absolute atomic E-state index is 0.112. The number of nitrogens with zero attached hydrogens (tertiary/aromatic N) is 1. The van der Waals surface area contributed by atoms with Gasteiger partial charge in [0.2, 0.25) is 5.91 Å².